The molecule has 0 fully saturated rings. The number of nitriles is 1. The van der Waals surface area contributed by atoms with E-state index in [4.69, 9.17) is 24.2 Å². The molecule has 0 aliphatic carbocycles. The summed E-state index contributed by atoms with van der Waals surface area (Å²) in [5, 5.41) is 12.7. The number of nitrogens with zero attached hydrogens (tertiary/aromatic N) is 5. The maximum atomic E-state index is 13.5. The van der Waals surface area contributed by atoms with E-state index in [1.165, 1.54) is 18.3 Å². The minimum absolute atomic E-state index is 0.0412. The van der Waals surface area contributed by atoms with E-state index in [9.17, 15) is 18.0 Å². The van der Waals surface area contributed by atoms with Crippen molar-refractivity contribution in [2.75, 3.05) is 4.90 Å². The van der Waals surface area contributed by atoms with Gasteiger partial charge in [-0.25, -0.2) is 28.0 Å². The fourth-order valence-electron chi connectivity index (χ4n) is 4.04. The van der Waals surface area contributed by atoms with Crippen LogP contribution in [-0.4, -0.2) is 52.2 Å². The molecular weight excluding hydrogens is 610 g/mol. The molecule has 2 amide bonds. The third-order valence-electron chi connectivity index (χ3n) is 6.27. The predicted octanol–water partition coefficient (Wildman–Crippen LogP) is 7.20. The summed E-state index contributed by atoms with van der Waals surface area (Å²) in [5.41, 5.74) is 0.300. The summed E-state index contributed by atoms with van der Waals surface area (Å²) in [6.07, 6.45) is -0.773. The van der Waals surface area contributed by atoms with Crippen LogP contribution in [-0.2, 0) is 19.3 Å². The summed E-state index contributed by atoms with van der Waals surface area (Å²) in [6, 6.07) is 16.4. The van der Waals surface area contributed by atoms with Gasteiger partial charge < -0.3 is 14.0 Å². The van der Waals surface area contributed by atoms with Crippen molar-refractivity contribution in [3.8, 4) is 40.0 Å². The van der Waals surface area contributed by atoms with Gasteiger partial charge in [0.15, 0.2) is 27.1 Å². The Balaban J connectivity index is 1.90. The van der Waals surface area contributed by atoms with Crippen molar-refractivity contribution in [2.45, 2.75) is 76.7 Å². The smallest absolute Gasteiger partial charge is 0.425 e. The van der Waals surface area contributed by atoms with Crippen molar-refractivity contribution in [2.24, 2.45) is 0 Å². The van der Waals surface area contributed by atoms with Gasteiger partial charge in [-0.05, 0) is 79.7 Å². The van der Waals surface area contributed by atoms with Crippen molar-refractivity contribution in [1.29, 1.82) is 5.26 Å². The number of aromatic nitrogens is 3. The molecule has 4 rings (SSSR count). The maximum absolute atomic E-state index is 13.5. The lowest BCUT2D eigenvalue weighted by atomic mass is 10.1. The largest absolute Gasteiger partial charge is 0.443 e. The first-order valence-electron chi connectivity index (χ1n) is 14.3. The molecule has 0 saturated carbocycles. The Morgan fingerprint density at radius 3 is 1.89 bits per heavy atom. The van der Waals surface area contributed by atoms with Crippen LogP contribution in [0, 0.1) is 11.3 Å². The molecule has 2 heterocycles. The molecule has 0 unspecified atom stereocenters. The highest BCUT2D eigenvalue weighted by atomic mass is 32.2. The predicted molar refractivity (Wildman–Crippen MR) is 170 cm³/mol. The number of amides is 2. The van der Waals surface area contributed by atoms with Gasteiger partial charge in [-0.2, -0.15) is 10.2 Å². The van der Waals surface area contributed by atoms with E-state index in [1.54, 1.807) is 97.9 Å². The van der Waals surface area contributed by atoms with Crippen molar-refractivity contribution >= 4 is 27.8 Å². The molecule has 0 aliphatic heterocycles. The van der Waals surface area contributed by atoms with Crippen LogP contribution in [0.1, 0.15) is 61.0 Å². The normalized spacial score (nSPS) is 12.0. The fourth-order valence-corrected chi connectivity index (χ4v) is 5.10. The first-order valence-corrected chi connectivity index (χ1v) is 15.9. The molecule has 0 spiro atoms. The Bertz CT molecular complexity index is 1870. The topological polar surface area (TPSA) is 166 Å². The highest BCUT2D eigenvalue weighted by Crippen LogP contribution is 2.34. The minimum atomic E-state index is -3.51. The van der Waals surface area contributed by atoms with Crippen LogP contribution in [0.4, 0.5) is 15.4 Å². The first kappa shape index (κ1) is 33.8. The first-order chi connectivity index (χ1) is 21.4. The van der Waals surface area contributed by atoms with Crippen molar-refractivity contribution < 1.29 is 32.0 Å². The second-order valence-electron chi connectivity index (χ2n) is 12.6. The van der Waals surface area contributed by atoms with Crippen LogP contribution in [0.3, 0.4) is 0 Å². The Morgan fingerprint density at radius 2 is 1.39 bits per heavy atom. The van der Waals surface area contributed by atoms with Gasteiger partial charge in [0, 0.05) is 17.2 Å². The van der Waals surface area contributed by atoms with Crippen LogP contribution < -0.4 is 4.90 Å². The molecule has 0 radical (unpaired) electrons. The molecule has 240 valence electrons. The third-order valence-corrected chi connectivity index (χ3v) is 8.44. The summed E-state index contributed by atoms with van der Waals surface area (Å²) in [6.45, 7) is 13.1. The number of hydrogen-bond acceptors (Lipinski definition) is 11. The number of anilines is 1. The number of imide groups is 1. The Kier molecular flexibility index (Phi) is 9.35. The second kappa shape index (κ2) is 12.7. The van der Waals surface area contributed by atoms with Gasteiger partial charge in [0.1, 0.15) is 16.9 Å². The molecule has 0 saturated heterocycles. The fraction of sp³-hybridized carbons (Fsp3) is 0.333. The quantitative estimate of drug-likeness (QED) is 0.208. The average Bonchev–Trinajstić information content (AvgIpc) is 3.46. The number of sulfone groups is 1. The molecule has 2 aromatic carbocycles. The molecule has 2 aromatic heterocycles. The number of hydrogen-bond donors (Lipinski definition) is 0. The highest BCUT2D eigenvalue weighted by molar-refractivity contribution is 7.92. The van der Waals surface area contributed by atoms with Gasteiger partial charge in [-0.15, -0.1) is 0 Å². The Labute approximate surface area is 267 Å². The monoisotopic (exact) mass is 645 g/mol. The Hall–Kier alpha value is -5.09. The zero-order valence-corrected chi connectivity index (χ0v) is 27.7. The number of ether oxygens (including phenoxy) is 2. The van der Waals surface area contributed by atoms with Crippen LogP contribution >= 0.6 is 0 Å². The molecule has 4 aromatic rings. The molecule has 0 N–H and O–H groups in total. The van der Waals surface area contributed by atoms with Gasteiger partial charge in [-0.1, -0.05) is 29.4 Å². The molecule has 0 aliphatic rings. The summed E-state index contributed by atoms with van der Waals surface area (Å²) >= 11 is 0. The number of benzene rings is 2. The lowest BCUT2D eigenvalue weighted by Gasteiger charge is -2.28. The summed E-state index contributed by atoms with van der Waals surface area (Å²) < 4.78 is 42.1. The van der Waals surface area contributed by atoms with Crippen LogP contribution in [0.25, 0.3) is 34.0 Å². The third kappa shape index (κ3) is 7.76. The van der Waals surface area contributed by atoms with Gasteiger partial charge in [0.2, 0.25) is 0 Å². The molecule has 13 heteroatoms. The maximum Gasteiger partial charge on any atom is 0.425 e. The highest BCUT2D eigenvalue weighted by Gasteiger charge is 2.37. The molecule has 46 heavy (non-hydrogen) atoms. The van der Waals surface area contributed by atoms with E-state index in [0.29, 0.717) is 27.3 Å². The molecule has 12 nitrogen and oxygen atoms in total. The van der Waals surface area contributed by atoms with E-state index in [1.807, 2.05) is 0 Å². The summed E-state index contributed by atoms with van der Waals surface area (Å²) in [4.78, 5) is 37.0. The van der Waals surface area contributed by atoms with Gasteiger partial charge in [-0.3, -0.25) is 0 Å². The van der Waals surface area contributed by atoms with E-state index in [-0.39, 0.29) is 27.9 Å². The van der Waals surface area contributed by atoms with E-state index in [0.717, 1.165) is 0 Å². The van der Waals surface area contributed by atoms with E-state index < -0.39 is 38.5 Å². The standard InChI is InChI=1S/C33H35N5O7S/c1-20(2)46(41,42)24-15-13-23(14-16-24)26-19-35-29(38(30(39)43-32(3,4)5)31(40)44-33(6,7)8)28(36-26)27-17-25(37-45-27)22-11-9-21(18-34)10-12-22/h9-17,19-20H,1-8H3. The minimum Gasteiger partial charge on any atom is -0.443 e. The van der Waals surface area contributed by atoms with Gasteiger partial charge in [0.05, 0.1) is 33.7 Å². The van der Waals surface area contributed by atoms with E-state index in [2.05, 4.69) is 16.2 Å². The lowest BCUT2D eigenvalue weighted by molar-refractivity contribution is 0.0429. The van der Waals surface area contributed by atoms with Crippen molar-refractivity contribution in [1.82, 2.24) is 15.1 Å². The average molecular weight is 646 g/mol. The summed E-state index contributed by atoms with van der Waals surface area (Å²) in [5.74, 6) is -0.186. The molecule has 0 atom stereocenters. The lowest BCUT2D eigenvalue weighted by Crippen LogP contribution is -2.44. The molecular formula is C33H35N5O7S. The number of carbonyl (C=O) groups is 2. The zero-order valence-electron chi connectivity index (χ0n) is 26.9. The van der Waals surface area contributed by atoms with Crippen molar-refractivity contribution in [3.63, 3.8) is 0 Å². The van der Waals surface area contributed by atoms with Crippen LogP contribution in [0.2, 0.25) is 0 Å². The van der Waals surface area contributed by atoms with E-state index >= 15 is 0 Å². The SMILES string of the molecule is CC(C)S(=O)(=O)c1ccc(-c2cnc(N(C(=O)OC(C)(C)C)C(=O)OC(C)(C)C)c(-c3cc(-c4ccc(C#N)cc4)no3)n2)cc1. The number of rotatable bonds is 6. The van der Waals surface area contributed by atoms with Crippen LogP contribution in [0.15, 0.2) is 70.2 Å². The second-order valence-corrected chi connectivity index (χ2v) is 15.1. The van der Waals surface area contributed by atoms with Gasteiger partial charge >= 0.3 is 12.2 Å². The van der Waals surface area contributed by atoms with Gasteiger partial charge in [0.25, 0.3) is 0 Å². The number of carbonyl (C=O) groups excluding carboxylic acids is 2. The summed E-state index contributed by atoms with van der Waals surface area (Å²) in [7, 11) is -3.51. The zero-order chi connectivity index (χ0) is 34.0. The Morgan fingerprint density at radius 1 is 0.870 bits per heavy atom. The van der Waals surface area contributed by atoms with Crippen LogP contribution in [0.5, 0.6) is 0 Å². The van der Waals surface area contributed by atoms with Crippen molar-refractivity contribution in [3.05, 3.63) is 66.4 Å². The molecule has 0 bridgehead atoms.